The zero-order valence-corrected chi connectivity index (χ0v) is 18.1. The first kappa shape index (κ1) is 22.0. The molecule has 2 heterocycles. The maximum Gasteiger partial charge on any atom is 0.191 e. The van der Waals surface area contributed by atoms with Gasteiger partial charge in [0.15, 0.2) is 11.8 Å². The van der Waals surface area contributed by atoms with Crippen molar-refractivity contribution in [3.8, 4) is 0 Å². The molecule has 2 N–H and O–H groups in total. The van der Waals surface area contributed by atoms with Crippen molar-refractivity contribution in [2.24, 2.45) is 12.0 Å². The molecule has 1 fully saturated rings. The molecule has 0 spiro atoms. The molecule has 0 bridgehead atoms. The summed E-state index contributed by atoms with van der Waals surface area (Å²) in [6.45, 7) is 5.61. The Morgan fingerprint density at radius 2 is 2.10 bits per heavy atom. The Kier molecular flexibility index (Phi) is 8.01. The van der Waals surface area contributed by atoms with Crippen LogP contribution in [0, 0.1) is 12.7 Å². The number of anilines is 1. The summed E-state index contributed by atoms with van der Waals surface area (Å²) in [6, 6.07) is 7.11. The van der Waals surface area contributed by atoms with Crippen molar-refractivity contribution >= 4 is 11.6 Å². The molecule has 2 aromatic rings. The average Bonchev–Trinajstić information content (AvgIpc) is 3.07. The molecule has 1 aliphatic heterocycles. The van der Waals surface area contributed by atoms with Gasteiger partial charge in [0.1, 0.15) is 18.2 Å². The Balaban J connectivity index is 1.57. The number of aromatic nitrogens is 3. The molecule has 3 rings (SSSR count). The molecule has 0 radical (unpaired) electrons. The highest BCUT2D eigenvalue weighted by molar-refractivity contribution is 5.80. The van der Waals surface area contributed by atoms with Gasteiger partial charge in [-0.2, -0.15) is 0 Å². The quantitative estimate of drug-likeness (QED) is 0.389. The summed E-state index contributed by atoms with van der Waals surface area (Å²) in [6.07, 6.45) is 2.81. The van der Waals surface area contributed by atoms with E-state index in [9.17, 15) is 4.39 Å². The van der Waals surface area contributed by atoms with Gasteiger partial charge in [-0.1, -0.05) is 6.07 Å². The van der Waals surface area contributed by atoms with E-state index in [0.29, 0.717) is 19.2 Å². The first-order chi connectivity index (χ1) is 14.6. The highest BCUT2D eigenvalue weighted by atomic mass is 19.1. The lowest BCUT2D eigenvalue weighted by Gasteiger charge is -2.34. The third-order valence-corrected chi connectivity index (χ3v) is 5.39. The number of aliphatic imine (C=N–C) groups is 1. The zero-order chi connectivity index (χ0) is 21.3. The molecule has 9 heteroatoms. The minimum absolute atomic E-state index is 0.193. The third kappa shape index (κ3) is 6.16. The van der Waals surface area contributed by atoms with Crippen LogP contribution in [0.2, 0.25) is 0 Å². The van der Waals surface area contributed by atoms with Crippen molar-refractivity contribution < 1.29 is 9.13 Å². The third-order valence-electron chi connectivity index (χ3n) is 5.39. The van der Waals surface area contributed by atoms with E-state index < -0.39 is 0 Å². The number of hydrogen-bond donors (Lipinski definition) is 2. The SMILES string of the molecule is COCCCNC(=NCc1nnc(C)n1C)NC1CCN(c2cccc(F)c2)CC1. The van der Waals surface area contributed by atoms with Crippen LogP contribution in [0.25, 0.3) is 0 Å². The molecule has 0 atom stereocenters. The highest BCUT2D eigenvalue weighted by Crippen LogP contribution is 2.20. The first-order valence-corrected chi connectivity index (χ1v) is 10.5. The van der Waals surface area contributed by atoms with E-state index in [0.717, 1.165) is 62.2 Å². The Morgan fingerprint density at radius 3 is 2.77 bits per heavy atom. The van der Waals surface area contributed by atoms with Crippen molar-refractivity contribution in [1.82, 2.24) is 25.4 Å². The van der Waals surface area contributed by atoms with Crippen LogP contribution in [0.3, 0.4) is 0 Å². The van der Waals surface area contributed by atoms with Crippen molar-refractivity contribution in [1.29, 1.82) is 0 Å². The number of nitrogens with zero attached hydrogens (tertiary/aromatic N) is 5. The molecule has 1 saturated heterocycles. The van der Waals surface area contributed by atoms with Gasteiger partial charge in [0.05, 0.1) is 0 Å². The summed E-state index contributed by atoms with van der Waals surface area (Å²) < 4.78 is 20.6. The molecule has 164 valence electrons. The fourth-order valence-electron chi connectivity index (χ4n) is 3.46. The summed E-state index contributed by atoms with van der Waals surface area (Å²) in [5.41, 5.74) is 0.942. The molecule has 0 aliphatic carbocycles. The van der Waals surface area contributed by atoms with Crippen molar-refractivity contribution in [2.75, 3.05) is 38.3 Å². The Morgan fingerprint density at radius 1 is 1.30 bits per heavy atom. The molecule has 1 aromatic heterocycles. The second kappa shape index (κ2) is 10.9. The minimum atomic E-state index is -0.193. The van der Waals surface area contributed by atoms with Gasteiger partial charge in [-0.15, -0.1) is 10.2 Å². The number of benzene rings is 1. The summed E-state index contributed by atoms with van der Waals surface area (Å²) >= 11 is 0. The van der Waals surface area contributed by atoms with E-state index in [4.69, 9.17) is 9.73 Å². The molecule has 30 heavy (non-hydrogen) atoms. The van der Waals surface area contributed by atoms with Gasteiger partial charge in [-0.25, -0.2) is 9.38 Å². The predicted molar refractivity (Wildman–Crippen MR) is 116 cm³/mol. The number of hydrogen-bond acceptors (Lipinski definition) is 5. The molecule has 0 saturated carbocycles. The van der Waals surface area contributed by atoms with Crippen molar-refractivity contribution in [3.63, 3.8) is 0 Å². The van der Waals surface area contributed by atoms with E-state index in [1.165, 1.54) is 6.07 Å². The second-order valence-corrected chi connectivity index (χ2v) is 7.55. The van der Waals surface area contributed by atoms with Gasteiger partial charge in [0.25, 0.3) is 0 Å². The van der Waals surface area contributed by atoms with Gasteiger partial charge in [-0.3, -0.25) is 0 Å². The maximum atomic E-state index is 13.5. The van der Waals surface area contributed by atoms with E-state index in [1.807, 2.05) is 24.6 Å². The molecule has 1 aromatic carbocycles. The van der Waals surface area contributed by atoms with Crippen LogP contribution < -0.4 is 15.5 Å². The van der Waals surface area contributed by atoms with Crippen LogP contribution in [0.1, 0.15) is 30.9 Å². The van der Waals surface area contributed by atoms with Gasteiger partial charge < -0.3 is 24.8 Å². The number of aryl methyl sites for hydroxylation is 1. The van der Waals surface area contributed by atoms with Gasteiger partial charge in [0, 0.05) is 52.1 Å². The van der Waals surface area contributed by atoms with Crippen LogP contribution in [0.4, 0.5) is 10.1 Å². The Hall–Kier alpha value is -2.68. The van der Waals surface area contributed by atoms with Gasteiger partial charge in [0.2, 0.25) is 0 Å². The molecule has 8 nitrogen and oxygen atoms in total. The molecular weight excluding hydrogens is 385 g/mol. The van der Waals surface area contributed by atoms with Crippen molar-refractivity contribution in [2.45, 2.75) is 38.8 Å². The van der Waals surface area contributed by atoms with E-state index in [1.54, 1.807) is 19.2 Å². The van der Waals surface area contributed by atoms with Crippen LogP contribution in [-0.2, 0) is 18.3 Å². The number of methoxy groups -OCH3 is 1. The van der Waals surface area contributed by atoms with Crippen LogP contribution in [0.5, 0.6) is 0 Å². The maximum absolute atomic E-state index is 13.5. The molecule has 1 aliphatic rings. The number of rotatable bonds is 8. The van der Waals surface area contributed by atoms with Crippen molar-refractivity contribution in [3.05, 3.63) is 41.7 Å². The van der Waals surface area contributed by atoms with E-state index in [2.05, 4.69) is 25.7 Å². The Labute approximate surface area is 177 Å². The van der Waals surface area contributed by atoms with E-state index >= 15 is 0 Å². The standard InChI is InChI=1S/C21H32FN7O/c1-16-26-27-20(28(16)2)15-24-21(23-10-5-13-30-3)25-18-8-11-29(12-9-18)19-7-4-6-17(22)14-19/h4,6-7,14,18H,5,8-13,15H2,1-3H3,(H2,23,24,25). The summed E-state index contributed by atoms with van der Waals surface area (Å²) in [7, 11) is 3.65. The lowest BCUT2D eigenvalue weighted by molar-refractivity contribution is 0.195. The second-order valence-electron chi connectivity index (χ2n) is 7.55. The first-order valence-electron chi connectivity index (χ1n) is 10.5. The minimum Gasteiger partial charge on any atom is -0.385 e. The predicted octanol–water partition coefficient (Wildman–Crippen LogP) is 2.00. The smallest absolute Gasteiger partial charge is 0.191 e. The lowest BCUT2D eigenvalue weighted by Crippen LogP contribution is -2.49. The zero-order valence-electron chi connectivity index (χ0n) is 18.1. The van der Waals surface area contributed by atoms with Crippen LogP contribution >= 0.6 is 0 Å². The largest absolute Gasteiger partial charge is 0.385 e. The number of halogens is 1. The number of piperidine rings is 1. The van der Waals surface area contributed by atoms with E-state index in [-0.39, 0.29) is 5.82 Å². The molecule has 0 amide bonds. The highest BCUT2D eigenvalue weighted by Gasteiger charge is 2.20. The lowest BCUT2D eigenvalue weighted by atomic mass is 10.0. The summed E-state index contributed by atoms with van der Waals surface area (Å²) in [5.74, 6) is 2.27. The number of nitrogens with one attached hydrogen (secondary N) is 2. The Bertz CT molecular complexity index is 831. The summed E-state index contributed by atoms with van der Waals surface area (Å²) in [5, 5.41) is 15.2. The fourth-order valence-corrected chi connectivity index (χ4v) is 3.46. The normalized spacial score (nSPS) is 15.5. The molecule has 0 unspecified atom stereocenters. The number of guanidine groups is 1. The van der Waals surface area contributed by atoms with Crippen LogP contribution in [-0.4, -0.2) is 60.1 Å². The fraction of sp³-hybridized carbons (Fsp3) is 0.571. The molecular formula is C21H32FN7O. The average molecular weight is 418 g/mol. The van der Waals surface area contributed by atoms with Gasteiger partial charge >= 0.3 is 0 Å². The monoisotopic (exact) mass is 417 g/mol. The summed E-state index contributed by atoms with van der Waals surface area (Å²) in [4.78, 5) is 6.94. The van der Waals surface area contributed by atoms with Gasteiger partial charge in [-0.05, 0) is 44.4 Å². The number of ether oxygens (including phenoxy) is 1. The van der Waals surface area contributed by atoms with Crippen LogP contribution in [0.15, 0.2) is 29.3 Å². The topological polar surface area (TPSA) is 79.6 Å².